The molecular weight excluding hydrogens is 298 g/mol. The number of nitriles is 2. The van der Waals surface area contributed by atoms with Crippen LogP contribution in [-0.2, 0) is 10.0 Å². The molecule has 0 heterocycles. The number of unbranched alkanes of at least 4 members (excludes halogenated alkanes) is 8. The van der Waals surface area contributed by atoms with Crippen LogP contribution in [0.1, 0.15) is 77.6 Å². The number of rotatable bonds is 14. The summed E-state index contributed by atoms with van der Waals surface area (Å²) in [6.45, 7) is 2.51. The Labute approximate surface area is 135 Å². The molecule has 0 saturated carbocycles. The van der Waals surface area contributed by atoms with E-state index < -0.39 is 15.3 Å². The van der Waals surface area contributed by atoms with E-state index in [0.29, 0.717) is 19.4 Å². The average Bonchev–Trinajstić information content (AvgIpc) is 2.49. The highest BCUT2D eigenvalue weighted by atomic mass is 32.2. The molecule has 0 aromatic heterocycles. The lowest BCUT2D eigenvalue weighted by atomic mass is 10.1. The fourth-order valence-electron chi connectivity index (χ4n) is 2.22. The van der Waals surface area contributed by atoms with Crippen LogP contribution in [0.25, 0.3) is 0 Å². The summed E-state index contributed by atoms with van der Waals surface area (Å²) in [6.07, 6.45) is 9.61. The first-order valence-electron chi connectivity index (χ1n) is 8.33. The minimum Gasteiger partial charge on any atom is -0.214 e. The van der Waals surface area contributed by atoms with Gasteiger partial charge in [0.25, 0.3) is 0 Å². The molecule has 0 aliphatic carbocycles. The maximum Gasteiger partial charge on any atom is 0.227 e. The van der Waals surface area contributed by atoms with Crippen molar-refractivity contribution in [3.63, 3.8) is 0 Å². The van der Waals surface area contributed by atoms with E-state index in [9.17, 15) is 8.42 Å². The summed E-state index contributed by atoms with van der Waals surface area (Å²) in [6, 6.07) is 4.01. The maximum atomic E-state index is 12.0. The zero-order valence-corrected chi connectivity index (χ0v) is 14.5. The SMILES string of the molecule is CCCCCCCC(C#N)S(=O)(=O)NCCCCCCC#N. The topological polar surface area (TPSA) is 93.8 Å². The van der Waals surface area contributed by atoms with Gasteiger partial charge in [0.2, 0.25) is 10.0 Å². The molecule has 0 rings (SSSR count). The molecule has 0 aliphatic rings. The number of nitrogens with one attached hydrogen (secondary N) is 1. The summed E-state index contributed by atoms with van der Waals surface area (Å²) in [5.74, 6) is 0. The van der Waals surface area contributed by atoms with Gasteiger partial charge in [-0.15, -0.1) is 0 Å². The summed E-state index contributed by atoms with van der Waals surface area (Å²) in [5, 5.41) is 16.5. The highest BCUT2D eigenvalue weighted by Gasteiger charge is 2.23. The van der Waals surface area contributed by atoms with Crippen LogP contribution in [0.15, 0.2) is 0 Å². The number of nitrogens with zero attached hydrogens (tertiary/aromatic N) is 2. The average molecular weight is 327 g/mol. The number of hydrogen-bond donors (Lipinski definition) is 1. The standard InChI is InChI=1S/C16H29N3O2S/c1-2-3-4-6-9-12-16(15-18)22(20,21)19-14-11-8-5-7-10-13-17/h16,19H,2-12,14H2,1H3. The van der Waals surface area contributed by atoms with Crippen LogP contribution in [0, 0.1) is 22.7 Å². The van der Waals surface area contributed by atoms with Crippen molar-refractivity contribution >= 4 is 10.0 Å². The first-order chi connectivity index (χ1) is 10.6. The number of hydrogen-bond acceptors (Lipinski definition) is 4. The van der Waals surface area contributed by atoms with E-state index in [0.717, 1.165) is 57.8 Å². The first-order valence-corrected chi connectivity index (χ1v) is 9.88. The van der Waals surface area contributed by atoms with Crippen LogP contribution in [0.4, 0.5) is 0 Å². The Balaban J connectivity index is 3.91. The van der Waals surface area contributed by atoms with Crippen molar-refractivity contribution in [3.8, 4) is 12.1 Å². The molecule has 1 N–H and O–H groups in total. The fraction of sp³-hybridized carbons (Fsp3) is 0.875. The van der Waals surface area contributed by atoms with Crippen LogP contribution in [0.2, 0.25) is 0 Å². The van der Waals surface area contributed by atoms with E-state index in [2.05, 4.69) is 17.7 Å². The molecule has 0 bridgehead atoms. The molecule has 6 heteroatoms. The van der Waals surface area contributed by atoms with E-state index in [4.69, 9.17) is 10.5 Å². The van der Waals surface area contributed by atoms with Crippen molar-refractivity contribution in [2.24, 2.45) is 0 Å². The predicted octanol–water partition coefficient (Wildman–Crippen LogP) is 3.63. The molecule has 0 aromatic carbocycles. The van der Waals surface area contributed by atoms with Gasteiger partial charge in [-0.2, -0.15) is 10.5 Å². The van der Waals surface area contributed by atoms with Gasteiger partial charge >= 0.3 is 0 Å². The lowest BCUT2D eigenvalue weighted by Gasteiger charge is -2.11. The van der Waals surface area contributed by atoms with Crippen molar-refractivity contribution in [2.45, 2.75) is 82.8 Å². The minimum absolute atomic E-state index is 0.378. The van der Waals surface area contributed by atoms with Crippen molar-refractivity contribution in [3.05, 3.63) is 0 Å². The monoisotopic (exact) mass is 327 g/mol. The molecule has 0 radical (unpaired) electrons. The summed E-state index contributed by atoms with van der Waals surface area (Å²) < 4.78 is 26.6. The smallest absolute Gasteiger partial charge is 0.214 e. The Kier molecular flexibility index (Phi) is 12.9. The van der Waals surface area contributed by atoms with Gasteiger partial charge in [-0.1, -0.05) is 51.9 Å². The highest BCUT2D eigenvalue weighted by Crippen LogP contribution is 2.12. The Hall–Kier alpha value is -1.11. The summed E-state index contributed by atoms with van der Waals surface area (Å²) >= 11 is 0. The van der Waals surface area contributed by atoms with Crippen molar-refractivity contribution in [2.75, 3.05) is 6.54 Å². The molecule has 0 amide bonds. The molecule has 0 fully saturated rings. The van der Waals surface area contributed by atoms with Crippen molar-refractivity contribution in [1.29, 1.82) is 10.5 Å². The molecule has 0 aliphatic heterocycles. The zero-order valence-electron chi connectivity index (χ0n) is 13.7. The third kappa shape index (κ3) is 10.6. The van der Waals surface area contributed by atoms with Crippen molar-refractivity contribution < 1.29 is 8.42 Å². The molecule has 0 saturated heterocycles. The number of sulfonamides is 1. The zero-order chi connectivity index (χ0) is 16.7. The Bertz CT molecular complexity index is 449. The highest BCUT2D eigenvalue weighted by molar-refractivity contribution is 7.90. The Morgan fingerprint density at radius 2 is 1.59 bits per heavy atom. The summed E-state index contributed by atoms with van der Waals surface area (Å²) in [5.41, 5.74) is 0. The van der Waals surface area contributed by atoms with Gasteiger partial charge < -0.3 is 0 Å². The van der Waals surface area contributed by atoms with E-state index in [1.54, 1.807) is 0 Å². The largest absolute Gasteiger partial charge is 0.227 e. The van der Waals surface area contributed by atoms with Crippen molar-refractivity contribution in [1.82, 2.24) is 4.72 Å². The summed E-state index contributed by atoms with van der Waals surface area (Å²) in [4.78, 5) is 0. The third-order valence-electron chi connectivity index (χ3n) is 3.61. The first kappa shape index (κ1) is 20.9. The van der Waals surface area contributed by atoms with Crippen LogP contribution >= 0.6 is 0 Å². The summed E-state index contributed by atoms with van der Waals surface area (Å²) in [7, 11) is -3.53. The minimum atomic E-state index is -3.53. The van der Waals surface area contributed by atoms with E-state index in [1.807, 2.05) is 6.07 Å². The molecule has 22 heavy (non-hydrogen) atoms. The van der Waals surface area contributed by atoms with E-state index in [1.165, 1.54) is 0 Å². The second-order valence-corrected chi connectivity index (χ2v) is 7.53. The van der Waals surface area contributed by atoms with Gasteiger partial charge in [0.1, 0.15) is 0 Å². The van der Waals surface area contributed by atoms with Crippen LogP contribution in [0.5, 0.6) is 0 Å². The molecule has 126 valence electrons. The Morgan fingerprint density at radius 1 is 0.955 bits per heavy atom. The third-order valence-corrected chi connectivity index (χ3v) is 5.30. The molecule has 1 unspecified atom stereocenters. The van der Waals surface area contributed by atoms with Gasteiger partial charge in [-0.25, -0.2) is 13.1 Å². The Morgan fingerprint density at radius 3 is 2.23 bits per heavy atom. The van der Waals surface area contributed by atoms with Gasteiger partial charge in [0.15, 0.2) is 5.25 Å². The van der Waals surface area contributed by atoms with Crippen LogP contribution in [0.3, 0.4) is 0 Å². The molecule has 1 atom stereocenters. The van der Waals surface area contributed by atoms with Gasteiger partial charge in [-0.3, -0.25) is 0 Å². The normalized spacial score (nSPS) is 12.5. The lowest BCUT2D eigenvalue weighted by molar-refractivity contribution is 0.552. The van der Waals surface area contributed by atoms with Gasteiger partial charge in [0.05, 0.1) is 12.1 Å². The predicted molar refractivity (Wildman–Crippen MR) is 88.4 cm³/mol. The molecular formula is C16H29N3O2S. The van der Waals surface area contributed by atoms with E-state index in [-0.39, 0.29) is 0 Å². The second kappa shape index (κ2) is 13.5. The lowest BCUT2D eigenvalue weighted by Crippen LogP contribution is -2.34. The molecule has 0 spiro atoms. The fourth-order valence-corrected chi connectivity index (χ4v) is 3.47. The maximum absolute atomic E-state index is 12.0. The van der Waals surface area contributed by atoms with Crippen LogP contribution < -0.4 is 4.72 Å². The molecule has 0 aromatic rings. The molecule has 5 nitrogen and oxygen atoms in total. The quantitative estimate of drug-likeness (QED) is 0.493. The van der Waals surface area contributed by atoms with Crippen LogP contribution in [-0.4, -0.2) is 20.2 Å². The van der Waals surface area contributed by atoms with Gasteiger partial charge in [-0.05, 0) is 19.3 Å². The van der Waals surface area contributed by atoms with E-state index >= 15 is 0 Å². The van der Waals surface area contributed by atoms with Gasteiger partial charge in [0, 0.05) is 13.0 Å². The second-order valence-electron chi connectivity index (χ2n) is 5.58.